The number of hydrogen-bond donors (Lipinski definition) is 1. The van der Waals surface area contributed by atoms with Gasteiger partial charge in [-0.15, -0.1) is 0 Å². The predicted octanol–water partition coefficient (Wildman–Crippen LogP) is 2.08. The highest BCUT2D eigenvalue weighted by Gasteiger charge is 2.15. The Morgan fingerprint density at radius 3 is 2.76 bits per heavy atom. The van der Waals surface area contributed by atoms with E-state index in [9.17, 15) is 0 Å². The first-order valence-corrected chi connectivity index (χ1v) is 6.60. The molecule has 5 heteroatoms. The molecule has 0 spiro atoms. The van der Waals surface area contributed by atoms with Gasteiger partial charge in [-0.05, 0) is 35.1 Å². The van der Waals surface area contributed by atoms with Gasteiger partial charge in [-0.1, -0.05) is 0 Å². The van der Waals surface area contributed by atoms with E-state index in [2.05, 4.69) is 54.9 Å². The van der Waals surface area contributed by atoms with Crippen LogP contribution in [0.25, 0.3) is 11.0 Å². The Hall–Kier alpha value is -1.07. The van der Waals surface area contributed by atoms with E-state index in [-0.39, 0.29) is 0 Å². The largest absolute Gasteiger partial charge is 0.354 e. The summed E-state index contributed by atoms with van der Waals surface area (Å²) in [6.45, 7) is 4.32. The predicted molar refractivity (Wildman–Crippen MR) is 73.5 cm³/mol. The molecule has 0 radical (unpaired) electrons. The topological polar surface area (TPSA) is 35.2 Å². The van der Waals surface area contributed by atoms with Gasteiger partial charge in [0.15, 0.2) is 0 Å². The number of pyridine rings is 1. The fraction of sp³-hybridized carbons (Fsp3) is 0.417. The number of anilines is 1. The smallest absolute Gasteiger partial charge is 0.140 e. The summed E-state index contributed by atoms with van der Waals surface area (Å²) in [5, 5.41) is 1.14. The number of likely N-dealkylation sites (N-methyl/N-ethyl adjacent to an activating group) is 1. The number of nitrogens with one attached hydrogen (secondary N) is 1. The lowest BCUT2D eigenvalue weighted by Crippen LogP contribution is -2.44. The minimum atomic E-state index is 0.952. The lowest BCUT2D eigenvalue weighted by Gasteiger charge is -2.33. The standard InChI is InChI=1S/C12H15BrN4/c1-16-4-6-17(7-5-16)11-3-2-9-10(13)8-14-12(9)15-11/h2-3,8H,4-7H2,1H3,(H,14,15). The molecule has 1 fully saturated rings. The zero-order valence-electron chi connectivity index (χ0n) is 9.78. The van der Waals surface area contributed by atoms with Crippen LogP contribution in [0.4, 0.5) is 5.82 Å². The number of aromatic amines is 1. The number of H-pyrrole nitrogens is 1. The number of aromatic nitrogens is 2. The molecule has 1 aliphatic heterocycles. The van der Waals surface area contributed by atoms with E-state index in [0.29, 0.717) is 0 Å². The van der Waals surface area contributed by atoms with E-state index in [1.165, 1.54) is 0 Å². The average Bonchev–Trinajstić information content (AvgIpc) is 2.72. The van der Waals surface area contributed by atoms with Crippen molar-refractivity contribution in [3.05, 3.63) is 22.8 Å². The lowest BCUT2D eigenvalue weighted by atomic mass is 10.3. The summed E-state index contributed by atoms with van der Waals surface area (Å²) in [5.74, 6) is 1.07. The maximum Gasteiger partial charge on any atom is 0.140 e. The summed E-state index contributed by atoms with van der Waals surface area (Å²) in [6.07, 6.45) is 1.94. The van der Waals surface area contributed by atoms with E-state index < -0.39 is 0 Å². The quantitative estimate of drug-likeness (QED) is 0.875. The molecule has 1 N–H and O–H groups in total. The molecule has 0 aliphatic carbocycles. The molecule has 0 unspecified atom stereocenters. The second-order valence-corrected chi connectivity index (χ2v) is 5.35. The molecule has 2 aromatic heterocycles. The zero-order valence-corrected chi connectivity index (χ0v) is 11.4. The van der Waals surface area contributed by atoms with Gasteiger partial charge in [0, 0.05) is 42.2 Å². The molecule has 1 saturated heterocycles. The summed E-state index contributed by atoms with van der Waals surface area (Å²) in [4.78, 5) is 12.5. The maximum atomic E-state index is 4.67. The van der Waals surface area contributed by atoms with E-state index in [1.807, 2.05) is 6.20 Å². The zero-order chi connectivity index (χ0) is 11.8. The fourth-order valence-electron chi connectivity index (χ4n) is 2.17. The lowest BCUT2D eigenvalue weighted by molar-refractivity contribution is 0.312. The molecule has 0 bridgehead atoms. The molecule has 0 saturated carbocycles. The Balaban J connectivity index is 1.90. The van der Waals surface area contributed by atoms with Crippen molar-refractivity contribution in [2.45, 2.75) is 0 Å². The van der Waals surface area contributed by atoms with Gasteiger partial charge >= 0.3 is 0 Å². The van der Waals surface area contributed by atoms with Gasteiger partial charge < -0.3 is 14.8 Å². The summed E-state index contributed by atoms with van der Waals surface area (Å²) in [7, 11) is 2.16. The maximum absolute atomic E-state index is 4.67. The van der Waals surface area contributed by atoms with E-state index in [0.717, 1.165) is 47.5 Å². The molecule has 2 aromatic rings. The third-order valence-electron chi connectivity index (χ3n) is 3.30. The van der Waals surface area contributed by atoms with Gasteiger partial charge in [0.1, 0.15) is 11.5 Å². The fourth-order valence-corrected chi connectivity index (χ4v) is 2.61. The normalized spacial score (nSPS) is 17.9. The van der Waals surface area contributed by atoms with Crippen LogP contribution in [-0.2, 0) is 0 Å². The summed E-state index contributed by atoms with van der Waals surface area (Å²) >= 11 is 3.50. The highest BCUT2D eigenvalue weighted by atomic mass is 79.9. The molecule has 0 amide bonds. The van der Waals surface area contributed by atoms with Gasteiger partial charge in [-0.2, -0.15) is 0 Å². The number of nitrogens with zero attached hydrogens (tertiary/aromatic N) is 3. The Labute approximate surface area is 109 Å². The first-order valence-electron chi connectivity index (χ1n) is 5.81. The number of piperazine rings is 1. The first kappa shape index (κ1) is 11.0. The molecule has 17 heavy (non-hydrogen) atoms. The molecular weight excluding hydrogens is 280 g/mol. The Morgan fingerprint density at radius 1 is 1.24 bits per heavy atom. The van der Waals surface area contributed by atoms with Gasteiger partial charge in [-0.3, -0.25) is 0 Å². The second kappa shape index (κ2) is 4.31. The first-order chi connectivity index (χ1) is 8.24. The van der Waals surface area contributed by atoms with Crippen molar-refractivity contribution in [3.8, 4) is 0 Å². The van der Waals surface area contributed by atoms with Crippen LogP contribution in [0.5, 0.6) is 0 Å². The number of halogens is 1. The molecular formula is C12H15BrN4. The van der Waals surface area contributed by atoms with E-state index in [1.54, 1.807) is 0 Å². The highest BCUT2D eigenvalue weighted by Crippen LogP contribution is 2.24. The Kier molecular flexibility index (Phi) is 2.80. The number of hydrogen-bond acceptors (Lipinski definition) is 3. The van der Waals surface area contributed by atoms with Crippen LogP contribution in [0, 0.1) is 0 Å². The third-order valence-corrected chi connectivity index (χ3v) is 3.96. The van der Waals surface area contributed by atoms with E-state index in [4.69, 9.17) is 0 Å². The van der Waals surface area contributed by atoms with Crippen LogP contribution in [0.1, 0.15) is 0 Å². The van der Waals surface area contributed by atoms with Gasteiger partial charge in [-0.25, -0.2) is 4.98 Å². The molecule has 3 heterocycles. The SMILES string of the molecule is CN1CCN(c2ccc3c(Br)c[nH]c3n2)CC1. The van der Waals surface area contributed by atoms with Crippen LogP contribution >= 0.6 is 15.9 Å². The molecule has 0 atom stereocenters. The van der Waals surface area contributed by atoms with Crippen molar-refractivity contribution in [2.24, 2.45) is 0 Å². The van der Waals surface area contributed by atoms with E-state index >= 15 is 0 Å². The molecule has 1 aliphatic rings. The molecule has 3 rings (SSSR count). The van der Waals surface area contributed by atoms with Crippen LogP contribution in [0.15, 0.2) is 22.8 Å². The Bertz CT molecular complexity index is 528. The molecule has 4 nitrogen and oxygen atoms in total. The van der Waals surface area contributed by atoms with Gasteiger partial charge in [0.05, 0.1) is 0 Å². The summed E-state index contributed by atoms with van der Waals surface area (Å²) < 4.78 is 1.07. The molecule has 90 valence electrons. The van der Waals surface area contributed by atoms with Crippen molar-refractivity contribution in [2.75, 3.05) is 38.1 Å². The van der Waals surface area contributed by atoms with Crippen LogP contribution in [0.3, 0.4) is 0 Å². The van der Waals surface area contributed by atoms with Gasteiger partial charge in [0.25, 0.3) is 0 Å². The second-order valence-electron chi connectivity index (χ2n) is 4.49. The molecule has 0 aromatic carbocycles. The average molecular weight is 295 g/mol. The number of rotatable bonds is 1. The highest BCUT2D eigenvalue weighted by molar-refractivity contribution is 9.10. The van der Waals surface area contributed by atoms with Crippen molar-refractivity contribution in [1.82, 2.24) is 14.9 Å². The monoisotopic (exact) mass is 294 g/mol. The van der Waals surface area contributed by atoms with Crippen molar-refractivity contribution >= 4 is 32.8 Å². The minimum absolute atomic E-state index is 0.952. The van der Waals surface area contributed by atoms with Crippen molar-refractivity contribution in [3.63, 3.8) is 0 Å². The minimum Gasteiger partial charge on any atom is -0.354 e. The van der Waals surface area contributed by atoms with Crippen molar-refractivity contribution < 1.29 is 0 Å². The van der Waals surface area contributed by atoms with Crippen molar-refractivity contribution in [1.29, 1.82) is 0 Å². The Morgan fingerprint density at radius 2 is 2.00 bits per heavy atom. The summed E-state index contributed by atoms with van der Waals surface area (Å²) in [6, 6.07) is 4.23. The third kappa shape index (κ3) is 2.05. The van der Waals surface area contributed by atoms with Crippen LogP contribution in [-0.4, -0.2) is 48.1 Å². The number of fused-ring (bicyclic) bond motifs is 1. The van der Waals surface area contributed by atoms with Gasteiger partial charge in [0.2, 0.25) is 0 Å². The van der Waals surface area contributed by atoms with Crippen LogP contribution in [0.2, 0.25) is 0 Å². The summed E-state index contributed by atoms with van der Waals surface area (Å²) in [5.41, 5.74) is 0.952. The van der Waals surface area contributed by atoms with Crippen LogP contribution < -0.4 is 4.90 Å².